The summed E-state index contributed by atoms with van der Waals surface area (Å²) in [5.74, 6) is 0.922. The minimum Gasteiger partial charge on any atom is -0.390 e. The number of aryl methyl sites for hydroxylation is 3. The average molecular weight is 262 g/mol. The molecule has 0 amide bonds. The lowest BCUT2D eigenvalue weighted by Crippen LogP contribution is -1.94. The summed E-state index contributed by atoms with van der Waals surface area (Å²) < 4.78 is 2.02. The van der Waals surface area contributed by atoms with Gasteiger partial charge >= 0.3 is 0 Å². The van der Waals surface area contributed by atoms with Gasteiger partial charge in [0.05, 0.1) is 12.3 Å². The molecule has 0 spiro atoms. The van der Waals surface area contributed by atoms with E-state index in [4.69, 9.17) is 0 Å². The minimum absolute atomic E-state index is 0.0190. The van der Waals surface area contributed by atoms with E-state index in [0.717, 1.165) is 16.5 Å². The summed E-state index contributed by atoms with van der Waals surface area (Å²) in [4.78, 5) is 5.55. The van der Waals surface area contributed by atoms with Crippen molar-refractivity contribution in [3.63, 3.8) is 0 Å². The largest absolute Gasteiger partial charge is 0.390 e. The Morgan fingerprint density at radius 1 is 1.17 bits per heavy atom. The summed E-state index contributed by atoms with van der Waals surface area (Å²) in [7, 11) is 1.98. The molecule has 96 valence electrons. The summed E-state index contributed by atoms with van der Waals surface area (Å²) >= 11 is 1.66. The lowest BCUT2D eigenvalue weighted by atomic mass is 10.2. The van der Waals surface area contributed by atoms with Crippen LogP contribution in [0.3, 0.4) is 0 Å². The highest BCUT2D eigenvalue weighted by atomic mass is 32.2. The number of rotatable bonds is 3. The molecule has 2 rings (SSSR count). The number of aromatic nitrogens is 2. The van der Waals surface area contributed by atoms with Gasteiger partial charge < -0.3 is 9.67 Å². The van der Waals surface area contributed by atoms with Gasteiger partial charge in [-0.25, -0.2) is 4.98 Å². The van der Waals surface area contributed by atoms with Crippen LogP contribution in [0.5, 0.6) is 0 Å². The molecule has 0 aliphatic rings. The average Bonchev–Trinajstić information content (AvgIpc) is 2.55. The molecule has 3 nitrogen and oxygen atoms in total. The molecule has 0 fully saturated rings. The van der Waals surface area contributed by atoms with Crippen LogP contribution in [0.2, 0.25) is 0 Å². The van der Waals surface area contributed by atoms with Crippen molar-refractivity contribution < 1.29 is 5.11 Å². The fourth-order valence-electron chi connectivity index (χ4n) is 1.99. The first kappa shape index (κ1) is 13.2. The fraction of sp³-hybridized carbons (Fsp3) is 0.357. The first-order chi connectivity index (χ1) is 8.51. The van der Waals surface area contributed by atoms with Gasteiger partial charge in [-0.2, -0.15) is 0 Å². The number of benzene rings is 1. The Morgan fingerprint density at radius 3 is 2.33 bits per heavy atom. The van der Waals surface area contributed by atoms with Crippen LogP contribution >= 0.6 is 11.8 Å². The predicted molar refractivity (Wildman–Crippen MR) is 73.9 cm³/mol. The van der Waals surface area contributed by atoms with Crippen LogP contribution in [0.1, 0.15) is 22.6 Å². The van der Waals surface area contributed by atoms with Gasteiger partial charge in [-0.3, -0.25) is 0 Å². The number of hydrogen-bond donors (Lipinski definition) is 1. The van der Waals surface area contributed by atoms with E-state index in [1.807, 2.05) is 18.5 Å². The maximum atomic E-state index is 9.35. The Kier molecular flexibility index (Phi) is 3.78. The van der Waals surface area contributed by atoms with E-state index in [2.05, 4.69) is 37.0 Å². The first-order valence-electron chi connectivity index (χ1n) is 5.90. The standard InChI is InChI=1S/C14H18N2OS/c1-9-5-10(2)7-12(6-9)18-14-13(8-17)15-11(3)16(14)4/h5-7,17H,8H2,1-4H3. The number of imidazole rings is 1. The Balaban J connectivity index is 2.39. The first-order valence-corrected chi connectivity index (χ1v) is 6.72. The monoisotopic (exact) mass is 262 g/mol. The van der Waals surface area contributed by atoms with Gasteiger partial charge in [0.15, 0.2) is 0 Å². The van der Waals surface area contributed by atoms with Crippen molar-refractivity contribution in [2.24, 2.45) is 7.05 Å². The topological polar surface area (TPSA) is 38.1 Å². The van der Waals surface area contributed by atoms with E-state index in [-0.39, 0.29) is 6.61 Å². The van der Waals surface area contributed by atoms with E-state index >= 15 is 0 Å². The molecule has 2 aromatic rings. The molecule has 0 atom stereocenters. The Hall–Kier alpha value is -1.26. The quantitative estimate of drug-likeness (QED) is 0.924. The molecule has 4 heteroatoms. The summed E-state index contributed by atoms with van der Waals surface area (Å²) in [6, 6.07) is 6.47. The van der Waals surface area contributed by atoms with Crippen molar-refractivity contribution >= 4 is 11.8 Å². The van der Waals surface area contributed by atoms with Crippen LogP contribution in [-0.2, 0) is 13.7 Å². The molecule has 0 aliphatic carbocycles. The van der Waals surface area contributed by atoms with Gasteiger partial charge in [0.1, 0.15) is 10.9 Å². The summed E-state index contributed by atoms with van der Waals surface area (Å²) in [5.41, 5.74) is 3.25. The second-order valence-electron chi connectivity index (χ2n) is 4.55. The van der Waals surface area contributed by atoms with Crippen LogP contribution in [-0.4, -0.2) is 14.7 Å². The third kappa shape index (κ3) is 2.60. The normalized spacial score (nSPS) is 10.9. The zero-order chi connectivity index (χ0) is 13.3. The smallest absolute Gasteiger partial charge is 0.106 e. The van der Waals surface area contributed by atoms with E-state index in [1.54, 1.807) is 11.8 Å². The lowest BCUT2D eigenvalue weighted by molar-refractivity contribution is 0.273. The van der Waals surface area contributed by atoms with Crippen molar-refractivity contribution in [1.82, 2.24) is 9.55 Å². The fourth-order valence-corrected chi connectivity index (χ4v) is 3.20. The SMILES string of the molecule is Cc1cc(C)cc(Sc2c(CO)nc(C)n2C)c1. The maximum Gasteiger partial charge on any atom is 0.106 e. The van der Waals surface area contributed by atoms with Gasteiger partial charge in [-0.1, -0.05) is 17.8 Å². The summed E-state index contributed by atoms with van der Waals surface area (Å²) in [6.45, 7) is 6.12. The highest BCUT2D eigenvalue weighted by Crippen LogP contribution is 2.32. The van der Waals surface area contributed by atoms with Gasteiger partial charge in [-0.15, -0.1) is 0 Å². The molecule has 1 N–H and O–H groups in total. The van der Waals surface area contributed by atoms with Crippen molar-refractivity contribution in [1.29, 1.82) is 0 Å². The number of nitrogens with zero attached hydrogens (tertiary/aromatic N) is 2. The Bertz CT molecular complexity index is 555. The minimum atomic E-state index is -0.0190. The molecule has 18 heavy (non-hydrogen) atoms. The van der Waals surface area contributed by atoms with E-state index in [1.165, 1.54) is 16.0 Å². The lowest BCUT2D eigenvalue weighted by Gasteiger charge is -2.07. The van der Waals surface area contributed by atoms with E-state index < -0.39 is 0 Å². The molecule has 0 aliphatic heterocycles. The molecule has 0 saturated heterocycles. The van der Waals surface area contributed by atoms with Crippen LogP contribution in [0.25, 0.3) is 0 Å². The van der Waals surface area contributed by atoms with Crippen LogP contribution in [0.15, 0.2) is 28.1 Å². The highest BCUT2D eigenvalue weighted by molar-refractivity contribution is 7.99. The zero-order valence-corrected chi connectivity index (χ0v) is 12.0. The molecule has 0 unspecified atom stereocenters. The zero-order valence-electron chi connectivity index (χ0n) is 11.2. The Labute approximate surface area is 112 Å². The second-order valence-corrected chi connectivity index (χ2v) is 5.62. The maximum absolute atomic E-state index is 9.35. The van der Waals surface area contributed by atoms with Gasteiger partial charge in [0, 0.05) is 11.9 Å². The van der Waals surface area contributed by atoms with Crippen molar-refractivity contribution in [2.75, 3.05) is 0 Å². The number of aliphatic hydroxyl groups excluding tert-OH is 1. The van der Waals surface area contributed by atoms with Gasteiger partial charge in [0.2, 0.25) is 0 Å². The molecule has 1 aromatic heterocycles. The predicted octanol–water partition coefficient (Wildman–Crippen LogP) is 2.99. The van der Waals surface area contributed by atoms with Crippen LogP contribution in [0, 0.1) is 20.8 Å². The molecule has 1 heterocycles. The third-order valence-electron chi connectivity index (χ3n) is 2.89. The summed E-state index contributed by atoms with van der Waals surface area (Å²) in [6.07, 6.45) is 0. The van der Waals surface area contributed by atoms with Crippen LogP contribution in [0.4, 0.5) is 0 Å². The molecular formula is C14H18N2OS. The van der Waals surface area contributed by atoms with Gasteiger partial charge in [0.25, 0.3) is 0 Å². The molecule has 0 bridgehead atoms. The molecule has 0 saturated carbocycles. The van der Waals surface area contributed by atoms with Crippen molar-refractivity contribution in [3.05, 3.63) is 40.8 Å². The molecular weight excluding hydrogens is 244 g/mol. The molecule has 1 aromatic carbocycles. The number of aliphatic hydroxyl groups is 1. The second kappa shape index (κ2) is 5.16. The van der Waals surface area contributed by atoms with Crippen LogP contribution < -0.4 is 0 Å². The Morgan fingerprint density at radius 2 is 1.78 bits per heavy atom. The van der Waals surface area contributed by atoms with Crippen molar-refractivity contribution in [2.45, 2.75) is 37.3 Å². The summed E-state index contributed by atoms with van der Waals surface area (Å²) in [5, 5.41) is 10.4. The third-order valence-corrected chi connectivity index (χ3v) is 4.07. The van der Waals surface area contributed by atoms with Crippen molar-refractivity contribution in [3.8, 4) is 0 Å². The molecule has 0 radical (unpaired) electrons. The van der Waals surface area contributed by atoms with E-state index in [9.17, 15) is 5.11 Å². The van der Waals surface area contributed by atoms with E-state index in [0.29, 0.717) is 0 Å². The van der Waals surface area contributed by atoms with Gasteiger partial charge in [-0.05, 0) is 44.0 Å². The highest BCUT2D eigenvalue weighted by Gasteiger charge is 2.13. The number of hydrogen-bond acceptors (Lipinski definition) is 3.